The van der Waals surface area contributed by atoms with Crippen molar-refractivity contribution in [3.63, 3.8) is 0 Å². The third-order valence-electron chi connectivity index (χ3n) is 4.62. The van der Waals surface area contributed by atoms with Crippen molar-refractivity contribution in [3.8, 4) is 0 Å². The van der Waals surface area contributed by atoms with Gasteiger partial charge in [0, 0.05) is 6.04 Å². The van der Waals surface area contributed by atoms with Crippen LogP contribution in [-0.2, 0) is 35.4 Å². The van der Waals surface area contributed by atoms with Gasteiger partial charge < -0.3 is 15.4 Å². The molecule has 9 heteroatoms. The van der Waals surface area contributed by atoms with E-state index in [2.05, 4.69) is 10.6 Å². The van der Waals surface area contributed by atoms with Crippen LogP contribution in [-0.4, -0.2) is 56.9 Å². The normalized spacial score (nSPS) is 17.6. The van der Waals surface area contributed by atoms with Crippen LogP contribution >= 0.6 is 0 Å². The summed E-state index contributed by atoms with van der Waals surface area (Å²) in [5.74, 6) is -1.70. The van der Waals surface area contributed by atoms with Crippen molar-refractivity contribution in [1.82, 2.24) is 10.6 Å². The second kappa shape index (κ2) is 9.04. The number of rotatable bonds is 7. The highest BCUT2D eigenvalue weighted by Crippen LogP contribution is 2.18. The lowest BCUT2D eigenvalue weighted by Gasteiger charge is -2.11. The van der Waals surface area contributed by atoms with Crippen LogP contribution < -0.4 is 10.6 Å². The zero-order valence-electron chi connectivity index (χ0n) is 15.7. The van der Waals surface area contributed by atoms with Gasteiger partial charge in [0.2, 0.25) is 5.91 Å². The summed E-state index contributed by atoms with van der Waals surface area (Å²) in [5.41, 5.74) is 0.847. The minimum atomic E-state index is -3.10. The molecule has 2 aromatic rings. The van der Waals surface area contributed by atoms with Crippen molar-refractivity contribution in [1.29, 1.82) is 0 Å². The molecule has 2 amide bonds. The van der Waals surface area contributed by atoms with E-state index in [-0.39, 0.29) is 30.4 Å². The minimum absolute atomic E-state index is 0.0421. The second-order valence-electron chi connectivity index (χ2n) is 6.92. The molecule has 0 aromatic heterocycles. The Morgan fingerprint density at radius 1 is 1.03 bits per heavy atom. The summed E-state index contributed by atoms with van der Waals surface area (Å²) < 4.78 is 27.5. The van der Waals surface area contributed by atoms with Gasteiger partial charge in [-0.3, -0.25) is 14.4 Å². The Balaban J connectivity index is 1.40. The molecule has 1 fully saturated rings. The fraction of sp³-hybridized carbons (Fsp3) is 0.350. The van der Waals surface area contributed by atoms with E-state index >= 15 is 0 Å². The number of nitrogens with one attached hydrogen (secondary N) is 2. The van der Waals surface area contributed by atoms with Gasteiger partial charge in [-0.05, 0) is 22.8 Å². The van der Waals surface area contributed by atoms with Crippen LogP contribution in [0.3, 0.4) is 0 Å². The molecule has 1 aliphatic heterocycles. The molecule has 1 heterocycles. The number of hydrogen-bond acceptors (Lipinski definition) is 6. The molecular weight excluding hydrogens is 396 g/mol. The van der Waals surface area contributed by atoms with E-state index in [9.17, 15) is 22.8 Å². The van der Waals surface area contributed by atoms with E-state index in [4.69, 9.17) is 4.74 Å². The Kier molecular flexibility index (Phi) is 6.48. The maximum Gasteiger partial charge on any atom is 0.325 e. The standard InChI is InChI=1S/C20H22N2O6S/c23-18(10-15-6-3-5-14-4-1-2-7-17(14)15)21-11-20(25)28-12-19(24)22-16-8-9-29(26,27)13-16/h1-7,16H,8-13H2,(H,21,23)(H,22,24)/t16-/m0/s1. The molecule has 1 saturated heterocycles. The van der Waals surface area contributed by atoms with Gasteiger partial charge in [-0.15, -0.1) is 0 Å². The Morgan fingerprint density at radius 2 is 1.79 bits per heavy atom. The number of ether oxygens (including phenoxy) is 1. The SMILES string of the molecule is O=C(Cc1cccc2ccccc12)NCC(=O)OCC(=O)N[C@H]1CCS(=O)(=O)C1. The van der Waals surface area contributed by atoms with Crippen molar-refractivity contribution < 1.29 is 27.5 Å². The van der Waals surface area contributed by atoms with Gasteiger partial charge in [-0.2, -0.15) is 0 Å². The number of benzene rings is 2. The van der Waals surface area contributed by atoms with E-state index in [0.29, 0.717) is 6.42 Å². The van der Waals surface area contributed by atoms with Gasteiger partial charge in [0.15, 0.2) is 16.4 Å². The molecule has 2 N–H and O–H groups in total. The van der Waals surface area contributed by atoms with E-state index in [0.717, 1.165) is 16.3 Å². The van der Waals surface area contributed by atoms with E-state index < -0.39 is 34.4 Å². The summed E-state index contributed by atoms with van der Waals surface area (Å²) in [4.78, 5) is 35.6. The lowest BCUT2D eigenvalue weighted by Crippen LogP contribution is -2.39. The Hall–Kier alpha value is -2.94. The first-order chi connectivity index (χ1) is 13.8. The quantitative estimate of drug-likeness (QED) is 0.626. The number of carbonyl (C=O) groups excluding carboxylic acids is 3. The molecule has 1 aliphatic rings. The van der Waals surface area contributed by atoms with Crippen LogP contribution in [0.4, 0.5) is 0 Å². The molecule has 0 saturated carbocycles. The highest BCUT2D eigenvalue weighted by molar-refractivity contribution is 7.91. The van der Waals surface area contributed by atoms with Crippen LogP contribution in [0.15, 0.2) is 42.5 Å². The summed E-state index contributed by atoms with van der Waals surface area (Å²) in [6.45, 7) is -0.872. The van der Waals surface area contributed by atoms with Crippen LogP contribution in [0, 0.1) is 0 Å². The van der Waals surface area contributed by atoms with Crippen LogP contribution in [0.5, 0.6) is 0 Å². The Labute approximate surface area is 168 Å². The van der Waals surface area contributed by atoms with Crippen molar-refractivity contribution in [2.75, 3.05) is 24.7 Å². The Bertz CT molecular complexity index is 1030. The highest BCUT2D eigenvalue weighted by Gasteiger charge is 2.29. The molecule has 2 aromatic carbocycles. The molecule has 8 nitrogen and oxygen atoms in total. The molecule has 0 unspecified atom stereocenters. The van der Waals surface area contributed by atoms with E-state index in [1.165, 1.54) is 0 Å². The van der Waals surface area contributed by atoms with Crippen molar-refractivity contribution in [2.45, 2.75) is 18.9 Å². The first kappa shape index (κ1) is 20.8. The van der Waals surface area contributed by atoms with Crippen LogP contribution in [0.1, 0.15) is 12.0 Å². The summed E-state index contributed by atoms with van der Waals surface area (Å²) in [6.07, 6.45) is 0.470. The number of esters is 1. The topological polar surface area (TPSA) is 119 Å². The largest absolute Gasteiger partial charge is 0.454 e. The smallest absolute Gasteiger partial charge is 0.325 e. The number of fused-ring (bicyclic) bond motifs is 1. The average molecular weight is 418 g/mol. The third kappa shape index (κ3) is 6.02. The first-order valence-electron chi connectivity index (χ1n) is 9.21. The molecule has 0 radical (unpaired) electrons. The number of sulfone groups is 1. The molecule has 29 heavy (non-hydrogen) atoms. The molecule has 3 rings (SSSR count). The second-order valence-corrected chi connectivity index (χ2v) is 9.15. The van der Waals surface area contributed by atoms with Gasteiger partial charge in [0.25, 0.3) is 5.91 Å². The van der Waals surface area contributed by atoms with Gasteiger partial charge in [0.1, 0.15) is 6.54 Å². The molecular formula is C20H22N2O6S. The molecule has 0 bridgehead atoms. The van der Waals surface area contributed by atoms with Gasteiger partial charge in [-0.1, -0.05) is 42.5 Å². The maximum atomic E-state index is 12.1. The Morgan fingerprint density at radius 3 is 2.55 bits per heavy atom. The summed E-state index contributed by atoms with van der Waals surface area (Å²) in [6, 6.07) is 12.9. The first-order valence-corrected chi connectivity index (χ1v) is 11.0. The third-order valence-corrected chi connectivity index (χ3v) is 6.39. The van der Waals surface area contributed by atoms with Crippen molar-refractivity contribution >= 4 is 38.4 Å². The highest BCUT2D eigenvalue weighted by atomic mass is 32.2. The van der Waals surface area contributed by atoms with Crippen molar-refractivity contribution in [2.24, 2.45) is 0 Å². The van der Waals surface area contributed by atoms with Crippen molar-refractivity contribution in [3.05, 3.63) is 48.0 Å². The zero-order chi connectivity index (χ0) is 20.9. The average Bonchev–Trinajstić information content (AvgIpc) is 3.03. The van der Waals surface area contributed by atoms with Gasteiger partial charge in [0.05, 0.1) is 17.9 Å². The summed E-state index contributed by atoms with van der Waals surface area (Å²) >= 11 is 0. The summed E-state index contributed by atoms with van der Waals surface area (Å²) in [7, 11) is -3.10. The van der Waals surface area contributed by atoms with Gasteiger partial charge >= 0.3 is 5.97 Å². The number of carbonyl (C=O) groups is 3. The molecule has 0 spiro atoms. The molecule has 0 aliphatic carbocycles. The van der Waals surface area contributed by atoms with Gasteiger partial charge in [-0.25, -0.2) is 8.42 Å². The lowest BCUT2D eigenvalue weighted by atomic mass is 10.0. The van der Waals surface area contributed by atoms with E-state index in [1.54, 1.807) is 0 Å². The molecule has 154 valence electrons. The number of hydrogen-bond donors (Lipinski definition) is 2. The van der Waals surface area contributed by atoms with Crippen LogP contribution in [0.25, 0.3) is 10.8 Å². The fourth-order valence-corrected chi connectivity index (χ4v) is 4.90. The maximum absolute atomic E-state index is 12.1. The number of amides is 2. The summed E-state index contributed by atoms with van der Waals surface area (Å²) in [5, 5.41) is 7.00. The zero-order valence-corrected chi connectivity index (χ0v) is 16.5. The van der Waals surface area contributed by atoms with E-state index in [1.807, 2.05) is 42.5 Å². The molecule has 1 atom stereocenters. The van der Waals surface area contributed by atoms with Crippen LogP contribution in [0.2, 0.25) is 0 Å². The lowest BCUT2D eigenvalue weighted by molar-refractivity contribution is -0.148. The predicted molar refractivity (Wildman–Crippen MR) is 107 cm³/mol. The minimum Gasteiger partial charge on any atom is -0.454 e. The monoisotopic (exact) mass is 418 g/mol. The predicted octanol–water partition coefficient (Wildman–Crippen LogP) is 0.345. The fourth-order valence-electron chi connectivity index (χ4n) is 3.23.